The number of benzene rings is 1. The van der Waals surface area contributed by atoms with Gasteiger partial charge in [-0.3, -0.25) is 4.57 Å². The minimum atomic E-state index is -4.26. The average Bonchev–Trinajstić information content (AvgIpc) is 2.37. The Balaban J connectivity index is 3.09. The molecule has 0 heterocycles. The van der Waals surface area contributed by atoms with Gasteiger partial charge in [-0.15, -0.1) is 0 Å². The van der Waals surface area contributed by atoms with E-state index < -0.39 is 23.6 Å². The standard InChI is InChI=1S/C12H19O6PS/c1-4-12(13)19(14,17-5-2)18-20(15,16)11-8-6-10(3)7-9-11/h6-9,12-13H,4-5H2,1-3H3. The van der Waals surface area contributed by atoms with Gasteiger partial charge in [-0.2, -0.15) is 12.4 Å². The fraction of sp³-hybridized carbons (Fsp3) is 0.500. The first-order valence-electron chi connectivity index (χ1n) is 6.20. The van der Waals surface area contributed by atoms with Gasteiger partial charge in [0.15, 0.2) is 5.85 Å². The van der Waals surface area contributed by atoms with Gasteiger partial charge < -0.3 is 9.63 Å². The van der Waals surface area contributed by atoms with E-state index in [1.165, 1.54) is 19.1 Å². The number of rotatable bonds is 7. The van der Waals surface area contributed by atoms with Crippen LogP contribution in [-0.2, 0) is 23.2 Å². The number of aliphatic hydroxyl groups is 1. The highest BCUT2D eigenvalue weighted by Gasteiger charge is 2.39. The Bertz CT molecular complexity index is 580. The summed E-state index contributed by atoms with van der Waals surface area (Å²) >= 11 is 0. The molecule has 1 aromatic rings. The molecule has 0 aromatic heterocycles. The van der Waals surface area contributed by atoms with Gasteiger partial charge in [0.2, 0.25) is 0 Å². The van der Waals surface area contributed by atoms with Crippen molar-refractivity contribution in [3.63, 3.8) is 0 Å². The molecular weight excluding hydrogens is 303 g/mol. The number of hydrogen-bond acceptors (Lipinski definition) is 6. The summed E-state index contributed by atoms with van der Waals surface area (Å²) in [6.07, 6.45) is 0.0562. The first kappa shape index (κ1) is 17.3. The molecule has 1 rings (SSSR count). The molecule has 0 aliphatic rings. The van der Waals surface area contributed by atoms with Crippen molar-refractivity contribution in [1.29, 1.82) is 0 Å². The van der Waals surface area contributed by atoms with Crippen LogP contribution >= 0.6 is 7.60 Å². The predicted octanol–water partition coefficient (Wildman–Crippen LogP) is 2.66. The van der Waals surface area contributed by atoms with Crippen molar-refractivity contribution < 1.29 is 26.6 Å². The highest BCUT2D eigenvalue weighted by molar-refractivity contribution is 7.91. The lowest BCUT2D eigenvalue weighted by Crippen LogP contribution is -2.15. The zero-order valence-corrected chi connectivity index (χ0v) is 13.4. The van der Waals surface area contributed by atoms with E-state index in [4.69, 9.17) is 8.49 Å². The Kier molecular flexibility index (Phi) is 5.91. The summed E-state index contributed by atoms with van der Waals surface area (Å²) in [4.78, 5) is -0.133. The van der Waals surface area contributed by atoms with E-state index in [1.807, 2.05) is 6.92 Å². The topological polar surface area (TPSA) is 89.9 Å². The van der Waals surface area contributed by atoms with E-state index in [9.17, 15) is 18.1 Å². The highest BCUT2D eigenvalue weighted by Crippen LogP contribution is 2.55. The van der Waals surface area contributed by atoms with Crippen LogP contribution in [0.25, 0.3) is 0 Å². The molecule has 1 aromatic carbocycles. The third-order valence-corrected chi connectivity index (χ3v) is 6.73. The summed E-state index contributed by atoms with van der Waals surface area (Å²) in [5.41, 5.74) is 0.880. The smallest absolute Gasteiger partial charge is 0.373 e. The summed E-state index contributed by atoms with van der Waals surface area (Å²) in [5, 5.41) is 9.68. The van der Waals surface area contributed by atoms with Crippen LogP contribution in [0.2, 0.25) is 0 Å². The Morgan fingerprint density at radius 2 is 1.80 bits per heavy atom. The summed E-state index contributed by atoms with van der Waals surface area (Å²) in [7, 11) is -8.40. The van der Waals surface area contributed by atoms with Crippen LogP contribution in [0.5, 0.6) is 0 Å². The molecular formula is C12H19O6PS. The van der Waals surface area contributed by atoms with Gasteiger partial charge in [-0.1, -0.05) is 24.6 Å². The Morgan fingerprint density at radius 3 is 2.25 bits per heavy atom. The maximum Gasteiger partial charge on any atom is 0.373 e. The molecule has 0 saturated heterocycles. The molecule has 0 aliphatic heterocycles. The van der Waals surface area contributed by atoms with Crippen LogP contribution in [0, 0.1) is 6.92 Å². The van der Waals surface area contributed by atoms with Crippen LogP contribution in [0.15, 0.2) is 29.2 Å². The molecule has 2 atom stereocenters. The van der Waals surface area contributed by atoms with E-state index in [-0.39, 0.29) is 17.9 Å². The number of hydrogen-bond donors (Lipinski definition) is 1. The first-order chi connectivity index (χ1) is 9.25. The lowest BCUT2D eigenvalue weighted by molar-refractivity contribution is 0.178. The van der Waals surface area contributed by atoms with E-state index in [2.05, 4.69) is 0 Å². The summed E-state index contributed by atoms with van der Waals surface area (Å²) in [5.74, 6) is -1.48. The minimum Gasteiger partial charge on any atom is -0.380 e. The van der Waals surface area contributed by atoms with Crippen molar-refractivity contribution >= 4 is 17.7 Å². The van der Waals surface area contributed by atoms with Crippen LogP contribution in [0.3, 0.4) is 0 Å². The lowest BCUT2D eigenvalue weighted by Gasteiger charge is -2.21. The third kappa shape index (κ3) is 4.14. The molecule has 6 nitrogen and oxygen atoms in total. The quantitative estimate of drug-likeness (QED) is 0.776. The van der Waals surface area contributed by atoms with E-state index in [0.29, 0.717) is 0 Å². The molecule has 114 valence electrons. The fourth-order valence-corrected chi connectivity index (χ4v) is 4.90. The van der Waals surface area contributed by atoms with Gasteiger partial charge >= 0.3 is 17.7 Å². The fourth-order valence-electron chi connectivity index (χ4n) is 1.45. The molecule has 20 heavy (non-hydrogen) atoms. The molecule has 2 unspecified atom stereocenters. The molecule has 0 spiro atoms. The summed E-state index contributed by atoms with van der Waals surface area (Å²) in [6.45, 7) is 4.87. The number of aryl methyl sites for hydroxylation is 1. The van der Waals surface area contributed by atoms with Gasteiger partial charge in [0.1, 0.15) is 0 Å². The van der Waals surface area contributed by atoms with Gasteiger partial charge in [-0.05, 0) is 32.4 Å². The molecule has 0 bridgehead atoms. The van der Waals surface area contributed by atoms with Gasteiger partial charge in [0, 0.05) is 0 Å². The van der Waals surface area contributed by atoms with Crippen molar-refractivity contribution in [3.05, 3.63) is 29.8 Å². The van der Waals surface area contributed by atoms with Gasteiger partial charge in [0.25, 0.3) is 0 Å². The molecule has 8 heteroatoms. The molecule has 0 fully saturated rings. The van der Waals surface area contributed by atoms with Crippen molar-refractivity contribution in [2.45, 2.75) is 37.9 Å². The van der Waals surface area contributed by atoms with E-state index in [0.717, 1.165) is 5.56 Å². The van der Waals surface area contributed by atoms with Gasteiger partial charge in [0.05, 0.1) is 11.5 Å². The number of aliphatic hydroxyl groups excluding tert-OH is 1. The molecule has 0 radical (unpaired) electrons. The van der Waals surface area contributed by atoms with Crippen molar-refractivity contribution in [2.24, 2.45) is 0 Å². The highest BCUT2D eigenvalue weighted by atomic mass is 32.2. The van der Waals surface area contributed by atoms with E-state index >= 15 is 0 Å². The van der Waals surface area contributed by atoms with E-state index in [1.54, 1.807) is 19.1 Å². The van der Waals surface area contributed by atoms with Crippen LogP contribution < -0.4 is 0 Å². The van der Waals surface area contributed by atoms with Crippen LogP contribution in [-0.4, -0.2) is 26.0 Å². The van der Waals surface area contributed by atoms with Crippen molar-refractivity contribution in [1.82, 2.24) is 0 Å². The lowest BCUT2D eigenvalue weighted by atomic mass is 10.2. The molecule has 1 N–H and O–H groups in total. The second kappa shape index (κ2) is 6.83. The van der Waals surface area contributed by atoms with Crippen LogP contribution in [0.4, 0.5) is 0 Å². The minimum absolute atomic E-state index is 0.0300. The Labute approximate surface area is 119 Å². The average molecular weight is 322 g/mol. The van der Waals surface area contributed by atoms with Crippen LogP contribution in [0.1, 0.15) is 25.8 Å². The third-order valence-electron chi connectivity index (χ3n) is 2.55. The van der Waals surface area contributed by atoms with Gasteiger partial charge in [-0.25, -0.2) is 0 Å². The summed E-state index contributed by atoms with van der Waals surface area (Å²) < 4.78 is 46.0. The maximum atomic E-state index is 12.3. The predicted molar refractivity (Wildman–Crippen MR) is 75.0 cm³/mol. The zero-order chi connectivity index (χ0) is 15.4. The second-order valence-electron chi connectivity index (χ2n) is 4.19. The molecule has 0 saturated carbocycles. The summed E-state index contributed by atoms with van der Waals surface area (Å²) in [6, 6.07) is 5.88. The SMILES string of the molecule is CCOP(=O)(OS(=O)(=O)c1ccc(C)cc1)C(O)CC. The molecule has 0 aliphatic carbocycles. The Hall–Kier alpha value is -0.720. The second-order valence-corrected chi connectivity index (χ2v) is 8.10. The van der Waals surface area contributed by atoms with Crippen molar-refractivity contribution in [2.75, 3.05) is 6.61 Å². The largest absolute Gasteiger partial charge is 0.380 e. The maximum absolute atomic E-state index is 12.3. The van der Waals surface area contributed by atoms with Crippen molar-refractivity contribution in [3.8, 4) is 0 Å². The zero-order valence-electron chi connectivity index (χ0n) is 11.6. The Morgan fingerprint density at radius 1 is 1.25 bits per heavy atom. The first-order valence-corrected chi connectivity index (χ1v) is 9.22. The molecule has 0 amide bonds. The monoisotopic (exact) mass is 322 g/mol. The normalized spacial score (nSPS) is 16.6.